The minimum atomic E-state index is -4.39. The van der Waals surface area contributed by atoms with Crippen LogP contribution in [0.3, 0.4) is 0 Å². The van der Waals surface area contributed by atoms with E-state index in [0.29, 0.717) is 12.8 Å². The van der Waals surface area contributed by atoms with Crippen LogP contribution in [0.1, 0.15) is 17.5 Å². The molecule has 0 radical (unpaired) electrons. The molecule has 1 aromatic rings. The molecular formula is C13H13F3N2. The van der Waals surface area contributed by atoms with E-state index in [-0.39, 0.29) is 0 Å². The molecule has 1 atom stereocenters. The lowest BCUT2D eigenvalue weighted by Crippen LogP contribution is -2.09. The van der Waals surface area contributed by atoms with Gasteiger partial charge >= 0.3 is 6.18 Å². The Labute approximate surface area is 103 Å². The second kappa shape index (κ2) is 4.92. The van der Waals surface area contributed by atoms with Crippen LogP contribution in [0.25, 0.3) is 0 Å². The molecule has 1 aromatic carbocycles. The zero-order chi connectivity index (χ0) is 13.2. The summed E-state index contributed by atoms with van der Waals surface area (Å²) >= 11 is 0. The van der Waals surface area contributed by atoms with E-state index in [2.05, 4.69) is 10.2 Å². The first-order chi connectivity index (χ1) is 8.45. The molecule has 0 saturated heterocycles. The molecule has 0 spiro atoms. The summed E-state index contributed by atoms with van der Waals surface area (Å²) in [5.74, 6) is 0. The molecule has 1 heterocycles. The summed E-state index contributed by atoms with van der Waals surface area (Å²) in [5.41, 5.74) is 1.39. The van der Waals surface area contributed by atoms with Gasteiger partial charge in [-0.15, -0.1) is 0 Å². The quantitative estimate of drug-likeness (QED) is 0.772. The Bertz CT molecular complexity index is 472. The minimum Gasteiger partial charge on any atom is -0.181 e. The van der Waals surface area contributed by atoms with Gasteiger partial charge in [-0.05, 0) is 31.4 Å². The maximum atomic E-state index is 12.3. The molecule has 0 bridgehead atoms. The molecule has 0 amide bonds. The summed E-state index contributed by atoms with van der Waals surface area (Å²) in [5, 5.41) is 6.80. The lowest BCUT2D eigenvalue weighted by Gasteiger charge is -2.04. The fourth-order valence-corrected chi connectivity index (χ4v) is 1.75. The molecular weight excluding hydrogens is 241 g/mol. The fourth-order valence-electron chi connectivity index (χ4n) is 1.75. The molecule has 5 heteroatoms. The number of rotatable bonds is 3. The number of benzene rings is 1. The Balaban J connectivity index is 1.91. The van der Waals surface area contributed by atoms with E-state index in [1.54, 1.807) is 0 Å². The smallest absolute Gasteiger partial charge is 0.181 e. The van der Waals surface area contributed by atoms with Crippen molar-refractivity contribution in [3.8, 4) is 0 Å². The standard InChI is InChI=1S/C13H13F3N2/c1-9-2-4-10(5-3-9)6-7-11-8-12(18-17-11)13(14,15)16/h2-5,8,11H,6-7H2,1H3. The van der Waals surface area contributed by atoms with Gasteiger partial charge in [0.05, 0.1) is 6.04 Å². The number of hydrogen-bond donors (Lipinski definition) is 0. The average Bonchev–Trinajstić information content (AvgIpc) is 2.77. The van der Waals surface area contributed by atoms with Crippen LogP contribution in [0.15, 0.2) is 46.3 Å². The van der Waals surface area contributed by atoms with Gasteiger partial charge in [-0.2, -0.15) is 23.4 Å². The van der Waals surface area contributed by atoms with Crippen molar-refractivity contribution in [1.29, 1.82) is 0 Å². The molecule has 1 aliphatic heterocycles. The molecule has 96 valence electrons. The topological polar surface area (TPSA) is 24.7 Å². The summed E-state index contributed by atoms with van der Waals surface area (Å²) in [4.78, 5) is 0. The van der Waals surface area contributed by atoms with E-state index < -0.39 is 17.9 Å². The van der Waals surface area contributed by atoms with Crippen molar-refractivity contribution in [2.24, 2.45) is 10.2 Å². The van der Waals surface area contributed by atoms with E-state index in [1.165, 1.54) is 5.56 Å². The van der Waals surface area contributed by atoms with Crippen molar-refractivity contribution < 1.29 is 13.2 Å². The van der Waals surface area contributed by atoms with E-state index in [4.69, 9.17) is 0 Å². The number of halogens is 3. The van der Waals surface area contributed by atoms with Crippen LogP contribution in [-0.4, -0.2) is 12.2 Å². The van der Waals surface area contributed by atoms with E-state index in [0.717, 1.165) is 11.6 Å². The third-order valence-corrected chi connectivity index (χ3v) is 2.80. The maximum Gasteiger partial charge on any atom is 0.434 e. The van der Waals surface area contributed by atoms with Gasteiger partial charge in [-0.25, -0.2) is 0 Å². The van der Waals surface area contributed by atoms with Crippen LogP contribution in [0, 0.1) is 6.92 Å². The van der Waals surface area contributed by atoms with Gasteiger partial charge in [-0.1, -0.05) is 29.8 Å². The Morgan fingerprint density at radius 3 is 2.39 bits per heavy atom. The SMILES string of the molecule is Cc1ccc(CCC2C=C(C(F)(F)F)N=N2)cc1. The van der Waals surface area contributed by atoms with Crippen LogP contribution in [0.4, 0.5) is 13.2 Å². The predicted octanol–water partition coefficient (Wildman–Crippen LogP) is 4.21. The monoisotopic (exact) mass is 254 g/mol. The zero-order valence-corrected chi connectivity index (χ0v) is 9.91. The van der Waals surface area contributed by atoms with Crippen molar-refractivity contribution in [1.82, 2.24) is 0 Å². The number of alkyl halides is 3. The molecule has 0 fully saturated rings. The first-order valence-electron chi connectivity index (χ1n) is 5.70. The summed E-state index contributed by atoms with van der Waals surface area (Å²) < 4.78 is 37.0. The summed E-state index contributed by atoms with van der Waals surface area (Å²) in [7, 11) is 0. The molecule has 18 heavy (non-hydrogen) atoms. The van der Waals surface area contributed by atoms with Gasteiger partial charge in [0, 0.05) is 0 Å². The maximum absolute atomic E-state index is 12.3. The number of aryl methyl sites for hydroxylation is 2. The highest BCUT2D eigenvalue weighted by atomic mass is 19.4. The normalized spacial score (nSPS) is 19.1. The Kier molecular flexibility index (Phi) is 3.50. The third-order valence-electron chi connectivity index (χ3n) is 2.80. The Morgan fingerprint density at radius 1 is 1.17 bits per heavy atom. The van der Waals surface area contributed by atoms with Crippen LogP contribution >= 0.6 is 0 Å². The third kappa shape index (κ3) is 3.18. The van der Waals surface area contributed by atoms with Gasteiger partial charge in [-0.3, -0.25) is 0 Å². The molecule has 0 aromatic heterocycles. The average molecular weight is 254 g/mol. The molecule has 1 aliphatic rings. The first-order valence-corrected chi connectivity index (χ1v) is 5.70. The number of allylic oxidation sites excluding steroid dienone is 1. The van der Waals surface area contributed by atoms with Gasteiger partial charge in [0.2, 0.25) is 0 Å². The number of hydrogen-bond acceptors (Lipinski definition) is 2. The zero-order valence-electron chi connectivity index (χ0n) is 9.91. The fraction of sp³-hybridized carbons (Fsp3) is 0.385. The minimum absolute atomic E-state index is 0.456. The van der Waals surface area contributed by atoms with Crippen LogP contribution in [-0.2, 0) is 6.42 Å². The van der Waals surface area contributed by atoms with Gasteiger partial charge in [0.1, 0.15) is 0 Å². The Hall–Kier alpha value is -1.65. The number of azo groups is 1. The van der Waals surface area contributed by atoms with E-state index in [1.807, 2.05) is 31.2 Å². The Morgan fingerprint density at radius 2 is 1.83 bits per heavy atom. The van der Waals surface area contributed by atoms with Gasteiger partial charge in [0.25, 0.3) is 0 Å². The molecule has 0 saturated carbocycles. The lowest BCUT2D eigenvalue weighted by molar-refractivity contribution is -0.0925. The summed E-state index contributed by atoms with van der Waals surface area (Å²) in [6.45, 7) is 1.99. The van der Waals surface area contributed by atoms with Crippen LogP contribution in [0.2, 0.25) is 0 Å². The van der Waals surface area contributed by atoms with Crippen molar-refractivity contribution in [3.05, 3.63) is 47.2 Å². The largest absolute Gasteiger partial charge is 0.434 e. The number of nitrogens with zero attached hydrogens (tertiary/aromatic N) is 2. The lowest BCUT2D eigenvalue weighted by atomic mass is 10.0. The summed E-state index contributed by atoms with van der Waals surface area (Å²) in [6.07, 6.45) is -2.05. The van der Waals surface area contributed by atoms with Gasteiger partial charge < -0.3 is 0 Å². The van der Waals surface area contributed by atoms with E-state index in [9.17, 15) is 13.2 Å². The molecule has 0 aliphatic carbocycles. The molecule has 2 nitrogen and oxygen atoms in total. The van der Waals surface area contributed by atoms with Crippen molar-refractivity contribution in [2.45, 2.75) is 32.0 Å². The van der Waals surface area contributed by atoms with Crippen molar-refractivity contribution in [3.63, 3.8) is 0 Å². The second-order valence-corrected chi connectivity index (χ2v) is 4.36. The highest BCUT2D eigenvalue weighted by molar-refractivity contribution is 5.22. The predicted molar refractivity (Wildman–Crippen MR) is 62.3 cm³/mol. The highest BCUT2D eigenvalue weighted by Crippen LogP contribution is 2.31. The van der Waals surface area contributed by atoms with Crippen LogP contribution in [0.5, 0.6) is 0 Å². The molecule has 1 unspecified atom stereocenters. The summed E-state index contributed by atoms with van der Waals surface area (Å²) in [6, 6.07) is 7.49. The molecule has 0 N–H and O–H groups in total. The first kappa shape index (κ1) is 12.8. The van der Waals surface area contributed by atoms with Crippen molar-refractivity contribution in [2.75, 3.05) is 0 Å². The van der Waals surface area contributed by atoms with Gasteiger partial charge in [0.15, 0.2) is 5.70 Å². The molecule has 2 rings (SSSR count). The van der Waals surface area contributed by atoms with E-state index >= 15 is 0 Å². The van der Waals surface area contributed by atoms with Crippen molar-refractivity contribution >= 4 is 0 Å². The second-order valence-electron chi connectivity index (χ2n) is 4.36. The highest BCUT2D eigenvalue weighted by Gasteiger charge is 2.37. The van der Waals surface area contributed by atoms with Crippen LogP contribution < -0.4 is 0 Å².